The van der Waals surface area contributed by atoms with Crippen LogP contribution in [0.15, 0.2) is 24.3 Å². The van der Waals surface area contributed by atoms with Crippen molar-refractivity contribution < 1.29 is 23.6 Å². The van der Waals surface area contributed by atoms with Gasteiger partial charge in [-0.15, -0.1) is 0 Å². The number of benzene rings is 1. The molecule has 1 saturated heterocycles. The summed E-state index contributed by atoms with van der Waals surface area (Å²) in [4.78, 5) is 50.6. The zero-order valence-electron chi connectivity index (χ0n) is 13.7. The highest BCUT2D eigenvalue weighted by Crippen LogP contribution is 2.20. The smallest absolute Gasteiger partial charge is 0.334 e. The number of halogens is 1. The van der Waals surface area contributed by atoms with E-state index in [1.807, 2.05) is 0 Å². The third-order valence-corrected chi connectivity index (χ3v) is 4.07. The summed E-state index contributed by atoms with van der Waals surface area (Å²) in [5, 5.41) is 0. The molecule has 1 aromatic carbocycles. The number of hydrogen-bond donors (Lipinski definition) is 0. The van der Waals surface area contributed by atoms with Gasteiger partial charge in [0, 0.05) is 13.6 Å². The van der Waals surface area contributed by atoms with Gasteiger partial charge in [-0.25, -0.2) is 14.1 Å². The predicted molar refractivity (Wildman–Crippen MR) is 82.1 cm³/mol. The molecule has 5 amide bonds. The number of amides is 5. The Morgan fingerprint density at radius 3 is 2.17 bits per heavy atom. The minimum Gasteiger partial charge on any atom is -0.337 e. The summed E-state index contributed by atoms with van der Waals surface area (Å²) in [6, 6.07) is 4.51. The van der Waals surface area contributed by atoms with Crippen molar-refractivity contribution in [1.82, 2.24) is 14.7 Å². The van der Waals surface area contributed by atoms with E-state index in [2.05, 4.69) is 0 Å². The van der Waals surface area contributed by atoms with Crippen molar-refractivity contribution in [2.24, 2.45) is 0 Å². The Balaban J connectivity index is 2.09. The van der Waals surface area contributed by atoms with Crippen molar-refractivity contribution in [3.8, 4) is 0 Å². The van der Waals surface area contributed by atoms with Crippen molar-refractivity contribution in [1.29, 1.82) is 0 Å². The van der Waals surface area contributed by atoms with Crippen LogP contribution in [0.25, 0.3) is 0 Å². The summed E-state index contributed by atoms with van der Waals surface area (Å²) in [7, 11) is 1.51. The molecule has 8 heteroatoms. The fourth-order valence-corrected chi connectivity index (χ4v) is 2.40. The number of rotatable bonds is 5. The lowest BCUT2D eigenvalue weighted by atomic mass is 10.1. The highest BCUT2D eigenvalue weighted by Gasteiger charge is 2.44. The molecule has 24 heavy (non-hydrogen) atoms. The first kappa shape index (κ1) is 17.6. The molecule has 0 aliphatic carbocycles. The van der Waals surface area contributed by atoms with E-state index in [1.165, 1.54) is 24.1 Å². The number of carbonyl (C=O) groups is 4. The number of nitrogens with zero attached hydrogens (tertiary/aromatic N) is 3. The largest absolute Gasteiger partial charge is 0.337 e. The molecule has 0 radical (unpaired) electrons. The van der Waals surface area contributed by atoms with Crippen molar-refractivity contribution in [2.45, 2.75) is 19.9 Å². The van der Waals surface area contributed by atoms with Crippen molar-refractivity contribution >= 4 is 23.8 Å². The maximum Gasteiger partial charge on any atom is 0.334 e. The highest BCUT2D eigenvalue weighted by molar-refractivity contribution is 6.45. The van der Waals surface area contributed by atoms with Gasteiger partial charge in [0.1, 0.15) is 12.4 Å². The van der Waals surface area contributed by atoms with Gasteiger partial charge in [0.25, 0.3) is 0 Å². The summed E-state index contributed by atoms with van der Waals surface area (Å²) in [5.74, 6) is -2.81. The van der Waals surface area contributed by atoms with Crippen LogP contribution in [0.5, 0.6) is 0 Å². The maximum atomic E-state index is 13.0. The van der Waals surface area contributed by atoms with E-state index in [1.54, 1.807) is 26.0 Å². The number of urea groups is 1. The number of likely N-dealkylation sites (N-methyl/N-ethyl adjacent to an activating group) is 2. The van der Waals surface area contributed by atoms with E-state index < -0.39 is 30.3 Å². The molecule has 1 heterocycles. The number of imide groups is 2. The van der Waals surface area contributed by atoms with E-state index in [0.29, 0.717) is 10.5 Å². The van der Waals surface area contributed by atoms with Crippen molar-refractivity contribution in [3.63, 3.8) is 0 Å². The Morgan fingerprint density at radius 1 is 1.12 bits per heavy atom. The molecule has 1 fully saturated rings. The topological polar surface area (TPSA) is 78.0 Å². The fraction of sp³-hybridized carbons (Fsp3) is 0.375. The minimum atomic E-state index is -1.00. The van der Waals surface area contributed by atoms with Crippen LogP contribution in [0.4, 0.5) is 9.18 Å². The van der Waals surface area contributed by atoms with E-state index >= 15 is 0 Å². The molecule has 1 aliphatic heterocycles. The molecule has 1 aliphatic rings. The zero-order valence-corrected chi connectivity index (χ0v) is 13.7. The summed E-state index contributed by atoms with van der Waals surface area (Å²) < 4.78 is 13.0. The quantitative estimate of drug-likeness (QED) is 0.597. The van der Waals surface area contributed by atoms with E-state index in [-0.39, 0.29) is 18.4 Å². The van der Waals surface area contributed by atoms with Crippen LogP contribution < -0.4 is 0 Å². The van der Waals surface area contributed by atoms with Gasteiger partial charge in [-0.05, 0) is 31.5 Å². The van der Waals surface area contributed by atoms with Crippen LogP contribution in [-0.2, 0) is 14.4 Å². The molecule has 0 N–H and O–H groups in total. The van der Waals surface area contributed by atoms with E-state index in [0.717, 1.165) is 4.90 Å². The molecule has 7 nitrogen and oxygen atoms in total. The van der Waals surface area contributed by atoms with Gasteiger partial charge in [-0.3, -0.25) is 19.3 Å². The molecule has 1 atom stereocenters. The molecule has 1 aromatic rings. The maximum absolute atomic E-state index is 13.0. The average Bonchev–Trinajstić information content (AvgIpc) is 2.77. The molecular formula is C16H18FN3O4. The number of hydrogen-bond acceptors (Lipinski definition) is 4. The summed E-state index contributed by atoms with van der Waals surface area (Å²) in [6.45, 7) is 2.86. The molecular weight excluding hydrogens is 317 g/mol. The van der Waals surface area contributed by atoms with Gasteiger partial charge in [0.15, 0.2) is 0 Å². The third-order valence-electron chi connectivity index (χ3n) is 4.07. The van der Waals surface area contributed by atoms with Gasteiger partial charge in [-0.1, -0.05) is 12.1 Å². The fourth-order valence-electron chi connectivity index (χ4n) is 2.40. The first-order chi connectivity index (χ1) is 11.3. The monoisotopic (exact) mass is 335 g/mol. The minimum absolute atomic E-state index is 0.0654. The number of carbonyl (C=O) groups excluding carboxylic acids is 4. The third kappa shape index (κ3) is 3.12. The Kier molecular flexibility index (Phi) is 4.96. The summed E-state index contributed by atoms with van der Waals surface area (Å²) in [5.41, 5.74) is 0.706. The molecule has 0 saturated carbocycles. The Bertz CT molecular complexity index is 689. The van der Waals surface area contributed by atoms with Gasteiger partial charge in [0.2, 0.25) is 5.91 Å². The van der Waals surface area contributed by atoms with Crippen LogP contribution in [0, 0.1) is 5.82 Å². The lowest BCUT2D eigenvalue weighted by Crippen LogP contribution is -2.42. The zero-order chi connectivity index (χ0) is 18.0. The van der Waals surface area contributed by atoms with Crippen LogP contribution in [0.3, 0.4) is 0 Å². The Morgan fingerprint density at radius 2 is 1.67 bits per heavy atom. The normalized spacial score (nSPS) is 15.9. The predicted octanol–water partition coefficient (Wildman–Crippen LogP) is 1.16. The first-order valence-electron chi connectivity index (χ1n) is 7.46. The van der Waals surface area contributed by atoms with Crippen molar-refractivity contribution in [3.05, 3.63) is 35.6 Å². The van der Waals surface area contributed by atoms with Crippen LogP contribution in [0.1, 0.15) is 25.5 Å². The average molecular weight is 335 g/mol. The summed E-state index contributed by atoms with van der Waals surface area (Å²) >= 11 is 0. The van der Waals surface area contributed by atoms with E-state index in [9.17, 15) is 23.6 Å². The van der Waals surface area contributed by atoms with Crippen LogP contribution >= 0.6 is 0 Å². The molecule has 0 aromatic heterocycles. The van der Waals surface area contributed by atoms with Crippen molar-refractivity contribution in [2.75, 3.05) is 20.1 Å². The standard InChI is InChI=1S/C16H18FN3O4/c1-4-19-14(22)15(23)20(16(19)24)9-13(21)18(3)10(2)11-5-7-12(17)8-6-11/h5-8,10H,4,9H2,1-3H3/t10-/m0/s1. The molecule has 128 valence electrons. The second-order valence-corrected chi connectivity index (χ2v) is 5.46. The second kappa shape index (κ2) is 6.77. The Labute approximate surface area is 138 Å². The highest BCUT2D eigenvalue weighted by atomic mass is 19.1. The lowest BCUT2D eigenvalue weighted by Gasteiger charge is -2.26. The SMILES string of the molecule is CCN1C(=O)C(=O)N(CC(=O)N(C)[C@@H](C)c2ccc(F)cc2)C1=O. The van der Waals surface area contributed by atoms with Gasteiger partial charge in [0.05, 0.1) is 6.04 Å². The Hall–Kier alpha value is -2.77. The summed E-state index contributed by atoms with van der Waals surface area (Å²) in [6.07, 6.45) is 0. The van der Waals surface area contributed by atoms with E-state index in [4.69, 9.17) is 0 Å². The first-order valence-corrected chi connectivity index (χ1v) is 7.46. The molecule has 2 rings (SSSR count). The lowest BCUT2D eigenvalue weighted by molar-refractivity contribution is -0.145. The molecule has 0 unspecified atom stereocenters. The van der Waals surface area contributed by atoms with Gasteiger partial charge in [-0.2, -0.15) is 0 Å². The van der Waals surface area contributed by atoms with Crippen LogP contribution in [-0.4, -0.2) is 58.6 Å². The van der Waals surface area contributed by atoms with Crippen LogP contribution in [0.2, 0.25) is 0 Å². The molecule has 0 spiro atoms. The molecule has 0 bridgehead atoms. The van der Waals surface area contributed by atoms with Gasteiger partial charge >= 0.3 is 17.8 Å². The van der Waals surface area contributed by atoms with Gasteiger partial charge < -0.3 is 4.90 Å². The second-order valence-electron chi connectivity index (χ2n) is 5.46.